The van der Waals surface area contributed by atoms with E-state index < -0.39 is 23.9 Å². The predicted molar refractivity (Wildman–Crippen MR) is 112 cm³/mol. The standard InChI is InChI=1S/C23H17N3O4/c27-21(15-10-12-16(13-11-15)23(29)30)26-20-22(28)24-18-9-5-4-8-17(18)19(25-20)14-6-2-1-3-7-14/h1-13,20H,(H,24,28)(H,26,27)(H,29,30). The Labute approximate surface area is 172 Å². The molecular formula is C23H17N3O4. The molecule has 7 nitrogen and oxygen atoms in total. The van der Waals surface area contributed by atoms with Gasteiger partial charge in [0.05, 0.1) is 17.0 Å². The summed E-state index contributed by atoms with van der Waals surface area (Å²) in [6.07, 6.45) is -1.15. The van der Waals surface area contributed by atoms with Crippen LogP contribution >= 0.6 is 0 Å². The van der Waals surface area contributed by atoms with Crippen LogP contribution < -0.4 is 10.6 Å². The number of carboxylic acid groups (broad SMARTS) is 1. The van der Waals surface area contributed by atoms with Gasteiger partial charge in [0.2, 0.25) is 6.17 Å². The van der Waals surface area contributed by atoms with Gasteiger partial charge in [0.1, 0.15) is 0 Å². The molecule has 0 bridgehead atoms. The van der Waals surface area contributed by atoms with Crippen LogP contribution in [0.4, 0.5) is 5.69 Å². The quantitative estimate of drug-likeness (QED) is 0.627. The number of amides is 2. The molecular weight excluding hydrogens is 382 g/mol. The number of para-hydroxylation sites is 1. The van der Waals surface area contributed by atoms with Crippen LogP contribution in [0.5, 0.6) is 0 Å². The van der Waals surface area contributed by atoms with Crippen molar-refractivity contribution in [2.75, 3.05) is 5.32 Å². The first-order chi connectivity index (χ1) is 14.5. The molecule has 148 valence electrons. The van der Waals surface area contributed by atoms with Gasteiger partial charge < -0.3 is 15.7 Å². The van der Waals surface area contributed by atoms with Gasteiger partial charge in [0, 0.05) is 16.7 Å². The third-order valence-electron chi connectivity index (χ3n) is 4.66. The molecule has 1 aliphatic rings. The maximum absolute atomic E-state index is 12.8. The zero-order valence-electron chi connectivity index (χ0n) is 15.7. The van der Waals surface area contributed by atoms with E-state index in [-0.39, 0.29) is 11.1 Å². The van der Waals surface area contributed by atoms with Crippen molar-refractivity contribution in [1.29, 1.82) is 0 Å². The van der Waals surface area contributed by atoms with E-state index in [1.807, 2.05) is 48.5 Å². The predicted octanol–water partition coefficient (Wildman–Crippen LogP) is 2.93. The van der Waals surface area contributed by atoms with Crippen molar-refractivity contribution in [3.63, 3.8) is 0 Å². The number of benzene rings is 3. The minimum atomic E-state index is -1.15. The van der Waals surface area contributed by atoms with E-state index in [0.717, 1.165) is 11.1 Å². The first kappa shape index (κ1) is 19.1. The van der Waals surface area contributed by atoms with Crippen LogP contribution in [0, 0.1) is 0 Å². The van der Waals surface area contributed by atoms with E-state index in [0.29, 0.717) is 11.4 Å². The summed E-state index contributed by atoms with van der Waals surface area (Å²) in [5.74, 6) is -2.09. The summed E-state index contributed by atoms with van der Waals surface area (Å²) in [4.78, 5) is 41.0. The molecule has 0 saturated carbocycles. The maximum atomic E-state index is 12.8. The summed E-state index contributed by atoms with van der Waals surface area (Å²) in [7, 11) is 0. The lowest BCUT2D eigenvalue weighted by Gasteiger charge is -2.13. The monoisotopic (exact) mass is 399 g/mol. The third kappa shape index (κ3) is 3.81. The van der Waals surface area contributed by atoms with Gasteiger partial charge in [0.25, 0.3) is 11.8 Å². The normalized spacial score (nSPS) is 15.3. The SMILES string of the molecule is O=C(O)c1ccc(C(=O)NC2N=C(c3ccccc3)c3ccccc3NC2=O)cc1. The number of aromatic carboxylic acids is 1. The fraction of sp³-hybridized carbons (Fsp3) is 0.0435. The lowest BCUT2D eigenvalue weighted by atomic mass is 10.0. The van der Waals surface area contributed by atoms with Crippen LogP contribution in [-0.4, -0.2) is 34.8 Å². The van der Waals surface area contributed by atoms with Gasteiger partial charge in [-0.1, -0.05) is 48.5 Å². The average Bonchev–Trinajstić information content (AvgIpc) is 2.91. The van der Waals surface area contributed by atoms with Crippen LogP contribution in [0.1, 0.15) is 31.8 Å². The first-order valence-corrected chi connectivity index (χ1v) is 9.20. The molecule has 3 N–H and O–H groups in total. The number of hydrogen-bond acceptors (Lipinski definition) is 4. The van der Waals surface area contributed by atoms with Crippen LogP contribution in [-0.2, 0) is 4.79 Å². The number of anilines is 1. The van der Waals surface area contributed by atoms with Gasteiger partial charge in [-0.05, 0) is 30.3 Å². The van der Waals surface area contributed by atoms with Crippen molar-refractivity contribution in [3.05, 3.63) is 101 Å². The van der Waals surface area contributed by atoms with Crippen LogP contribution in [0.15, 0.2) is 83.9 Å². The second-order valence-corrected chi connectivity index (χ2v) is 6.64. The average molecular weight is 399 g/mol. The number of carbonyl (C=O) groups excluding carboxylic acids is 2. The van der Waals surface area contributed by atoms with E-state index >= 15 is 0 Å². The number of carboxylic acids is 1. The topological polar surface area (TPSA) is 108 Å². The summed E-state index contributed by atoms with van der Waals surface area (Å²) >= 11 is 0. The van der Waals surface area contributed by atoms with Crippen LogP contribution in [0.25, 0.3) is 0 Å². The van der Waals surface area contributed by atoms with E-state index in [9.17, 15) is 14.4 Å². The minimum Gasteiger partial charge on any atom is -0.478 e. The van der Waals surface area contributed by atoms with Gasteiger partial charge in [0.15, 0.2) is 0 Å². The summed E-state index contributed by atoms with van der Waals surface area (Å²) in [6.45, 7) is 0. The molecule has 0 aliphatic carbocycles. The lowest BCUT2D eigenvalue weighted by Crippen LogP contribution is -2.42. The number of fused-ring (bicyclic) bond motifs is 1. The van der Waals surface area contributed by atoms with Crippen molar-refractivity contribution in [1.82, 2.24) is 5.32 Å². The number of carbonyl (C=O) groups is 3. The van der Waals surface area contributed by atoms with Gasteiger partial charge in [-0.15, -0.1) is 0 Å². The molecule has 0 aromatic heterocycles. The number of hydrogen-bond donors (Lipinski definition) is 3. The molecule has 0 saturated heterocycles. The zero-order chi connectivity index (χ0) is 21.1. The molecule has 1 heterocycles. The molecule has 0 spiro atoms. The molecule has 7 heteroatoms. The molecule has 1 unspecified atom stereocenters. The van der Waals surface area contributed by atoms with Crippen molar-refractivity contribution in [2.24, 2.45) is 4.99 Å². The zero-order valence-corrected chi connectivity index (χ0v) is 15.7. The summed E-state index contributed by atoms with van der Waals surface area (Å²) in [6, 6.07) is 22.1. The second-order valence-electron chi connectivity index (χ2n) is 6.64. The Kier molecular flexibility index (Phi) is 5.09. The number of rotatable bonds is 4. The van der Waals surface area contributed by atoms with E-state index in [1.54, 1.807) is 6.07 Å². The number of aliphatic imine (C=N–C) groups is 1. The minimum absolute atomic E-state index is 0.0681. The maximum Gasteiger partial charge on any atom is 0.335 e. The number of nitrogens with zero attached hydrogens (tertiary/aromatic N) is 1. The van der Waals surface area contributed by atoms with Crippen LogP contribution in [0.2, 0.25) is 0 Å². The molecule has 1 aliphatic heterocycles. The van der Waals surface area contributed by atoms with E-state index in [4.69, 9.17) is 5.11 Å². The molecule has 3 aromatic carbocycles. The Bertz CT molecular complexity index is 1150. The molecule has 0 fully saturated rings. The smallest absolute Gasteiger partial charge is 0.335 e. The van der Waals surface area contributed by atoms with Crippen molar-refractivity contribution < 1.29 is 19.5 Å². The Hall–Kier alpha value is -4.26. The first-order valence-electron chi connectivity index (χ1n) is 9.20. The molecule has 2 amide bonds. The van der Waals surface area contributed by atoms with E-state index in [2.05, 4.69) is 15.6 Å². The molecule has 0 radical (unpaired) electrons. The third-order valence-corrected chi connectivity index (χ3v) is 4.66. The largest absolute Gasteiger partial charge is 0.478 e. The molecule has 30 heavy (non-hydrogen) atoms. The summed E-state index contributed by atoms with van der Waals surface area (Å²) in [5.41, 5.74) is 3.04. The van der Waals surface area contributed by atoms with E-state index in [1.165, 1.54) is 24.3 Å². The highest BCUT2D eigenvalue weighted by Crippen LogP contribution is 2.23. The Morgan fingerprint density at radius 3 is 2.20 bits per heavy atom. The van der Waals surface area contributed by atoms with Gasteiger partial charge in [-0.3, -0.25) is 9.59 Å². The molecule has 3 aromatic rings. The highest BCUT2D eigenvalue weighted by molar-refractivity contribution is 6.20. The Morgan fingerprint density at radius 2 is 1.50 bits per heavy atom. The van der Waals surface area contributed by atoms with Gasteiger partial charge in [-0.2, -0.15) is 0 Å². The van der Waals surface area contributed by atoms with Crippen molar-refractivity contribution in [2.45, 2.75) is 6.17 Å². The fourth-order valence-corrected chi connectivity index (χ4v) is 3.15. The van der Waals surface area contributed by atoms with Gasteiger partial charge >= 0.3 is 5.97 Å². The van der Waals surface area contributed by atoms with Crippen LogP contribution in [0.3, 0.4) is 0 Å². The number of benzodiazepines with no additional fused rings is 1. The van der Waals surface area contributed by atoms with Crippen molar-refractivity contribution >= 4 is 29.2 Å². The van der Waals surface area contributed by atoms with Gasteiger partial charge in [-0.25, -0.2) is 9.79 Å². The number of nitrogens with one attached hydrogen (secondary N) is 2. The summed E-state index contributed by atoms with van der Waals surface area (Å²) in [5, 5.41) is 14.4. The Balaban J connectivity index is 1.68. The summed E-state index contributed by atoms with van der Waals surface area (Å²) < 4.78 is 0. The second kappa shape index (κ2) is 8.00. The Morgan fingerprint density at radius 1 is 0.867 bits per heavy atom. The highest BCUT2D eigenvalue weighted by Gasteiger charge is 2.27. The lowest BCUT2D eigenvalue weighted by molar-refractivity contribution is -0.117. The fourth-order valence-electron chi connectivity index (χ4n) is 3.15. The molecule has 1 atom stereocenters. The highest BCUT2D eigenvalue weighted by atomic mass is 16.4. The van der Waals surface area contributed by atoms with Crippen molar-refractivity contribution in [3.8, 4) is 0 Å². The molecule has 4 rings (SSSR count).